The zero-order valence-electron chi connectivity index (χ0n) is 14.7. The summed E-state index contributed by atoms with van der Waals surface area (Å²) in [6.45, 7) is -0.102. The summed E-state index contributed by atoms with van der Waals surface area (Å²) in [4.78, 5) is 24.3. The monoisotopic (exact) mass is 396 g/mol. The first-order valence-electron chi connectivity index (χ1n) is 8.63. The Labute approximate surface area is 167 Å². The fourth-order valence-electron chi connectivity index (χ4n) is 2.63. The van der Waals surface area contributed by atoms with Crippen molar-refractivity contribution in [1.82, 2.24) is 5.32 Å². The summed E-state index contributed by atoms with van der Waals surface area (Å²) in [7, 11) is 0. The molecule has 1 fully saturated rings. The second kappa shape index (κ2) is 9.54. The van der Waals surface area contributed by atoms with E-state index in [1.165, 1.54) is 23.5 Å². The van der Waals surface area contributed by atoms with Gasteiger partial charge in [-0.25, -0.2) is 0 Å². The van der Waals surface area contributed by atoms with Crippen LogP contribution < -0.4 is 10.6 Å². The summed E-state index contributed by atoms with van der Waals surface area (Å²) < 4.78 is 0.445. The molecule has 0 atom stereocenters. The molecule has 2 N–H and O–H groups in total. The molecular weight excluding hydrogens is 376 g/mol. The highest BCUT2D eigenvalue weighted by molar-refractivity contribution is 8.16. The molecule has 1 saturated heterocycles. The molecule has 2 aromatic carbocycles. The van der Waals surface area contributed by atoms with E-state index in [1.54, 1.807) is 24.3 Å². The van der Waals surface area contributed by atoms with Crippen LogP contribution in [0.5, 0.6) is 0 Å². The third-order valence-electron chi connectivity index (χ3n) is 3.99. The van der Waals surface area contributed by atoms with E-state index < -0.39 is 0 Å². The number of nitrogens with one attached hydrogen (secondary N) is 2. The first-order chi connectivity index (χ1) is 13.2. The second-order valence-electron chi connectivity index (χ2n) is 6.01. The van der Waals surface area contributed by atoms with Crippen LogP contribution in [0.3, 0.4) is 0 Å². The summed E-state index contributed by atoms with van der Waals surface area (Å²) >= 11 is 3.89. The van der Waals surface area contributed by atoms with Crippen LogP contribution >= 0.6 is 23.5 Å². The van der Waals surface area contributed by atoms with E-state index in [2.05, 4.69) is 16.6 Å². The van der Waals surface area contributed by atoms with Gasteiger partial charge in [-0.1, -0.05) is 24.1 Å². The van der Waals surface area contributed by atoms with Crippen LogP contribution in [-0.2, 0) is 4.79 Å². The third-order valence-corrected chi connectivity index (χ3v) is 7.01. The van der Waals surface area contributed by atoms with Crippen LogP contribution in [0, 0.1) is 12.3 Å². The Bertz CT molecular complexity index is 853. The maximum Gasteiger partial charge on any atom is 0.251 e. The van der Waals surface area contributed by atoms with Gasteiger partial charge in [0, 0.05) is 16.8 Å². The molecule has 1 aliphatic heterocycles. The Kier molecular flexibility index (Phi) is 6.86. The first kappa shape index (κ1) is 19.4. The normalized spacial score (nSPS) is 14.2. The Hall–Kier alpha value is -2.36. The number of terminal acetylenes is 1. The van der Waals surface area contributed by atoms with Gasteiger partial charge < -0.3 is 10.6 Å². The largest absolute Gasteiger partial charge is 0.343 e. The van der Waals surface area contributed by atoms with Crippen molar-refractivity contribution in [3.05, 3.63) is 65.2 Å². The Morgan fingerprint density at radius 2 is 1.85 bits per heavy atom. The van der Waals surface area contributed by atoms with Gasteiger partial charge in [0.25, 0.3) is 5.91 Å². The van der Waals surface area contributed by atoms with Crippen molar-refractivity contribution >= 4 is 41.0 Å². The number of benzene rings is 2. The minimum atomic E-state index is -0.302. The molecule has 0 unspecified atom stereocenters. The maximum atomic E-state index is 12.3. The van der Waals surface area contributed by atoms with Crippen LogP contribution in [-0.4, -0.2) is 29.9 Å². The van der Waals surface area contributed by atoms with Crippen LogP contribution in [0.1, 0.15) is 32.5 Å². The molecular formula is C21H20N2O2S2. The zero-order chi connectivity index (χ0) is 19.1. The summed E-state index contributed by atoms with van der Waals surface area (Å²) in [5.41, 5.74) is 3.07. The lowest BCUT2D eigenvalue weighted by Crippen LogP contribution is -2.32. The molecule has 138 valence electrons. The fourth-order valence-corrected chi connectivity index (χ4v) is 5.52. The smallest absolute Gasteiger partial charge is 0.251 e. The molecule has 3 rings (SSSR count). The number of carbonyl (C=O) groups excluding carboxylic acids is 2. The summed E-state index contributed by atoms with van der Waals surface area (Å²) in [6, 6.07) is 14.6. The third kappa shape index (κ3) is 5.56. The highest BCUT2D eigenvalue weighted by Gasteiger charge is 2.17. The van der Waals surface area contributed by atoms with E-state index in [4.69, 9.17) is 6.42 Å². The molecule has 27 heavy (non-hydrogen) atoms. The number of amides is 2. The van der Waals surface area contributed by atoms with E-state index in [-0.39, 0.29) is 18.4 Å². The zero-order valence-corrected chi connectivity index (χ0v) is 16.4. The average Bonchev–Trinajstić information content (AvgIpc) is 2.73. The number of carbonyl (C=O) groups is 2. The number of anilines is 1. The summed E-state index contributed by atoms with van der Waals surface area (Å²) in [5.74, 6) is 4.31. The van der Waals surface area contributed by atoms with Crippen LogP contribution in [0.2, 0.25) is 0 Å². The van der Waals surface area contributed by atoms with Crippen molar-refractivity contribution in [2.24, 2.45) is 0 Å². The minimum absolute atomic E-state index is 0.102. The lowest BCUT2D eigenvalue weighted by Gasteiger charge is -2.21. The maximum absolute atomic E-state index is 12.3. The van der Waals surface area contributed by atoms with Gasteiger partial charge in [-0.3, -0.25) is 9.59 Å². The molecule has 1 aliphatic rings. The lowest BCUT2D eigenvalue weighted by atomic mass is 10.1. The predicted molar refractivity (Wildman–Crippen MR) is 114 cm³/mol. The quantitative estimate of drug-likeness (QED) is 0.753. The molecule has 2 amide bonds. The Balaban J connectivity index is 1.51. The number of rotatable bonds is 5. The van der Waals surface area contributed by atoms with Gasteiger partial charge in [-0.15, -0.1) is 29.9 Å². The van der Waals surface area contributed by atoms with Gasteiger partial charge in [-0.05, 0) is 53.8 Å². The highest BCUT2D eigenvalue weighted by atomic mass is 32.2. The van der Waals surface area contributed by atoms with Crippen molar-refractivity contribution in [3.63, 3.8) is 0 Å². The number of hydrogen-bond donors (Lipinski definition) is 2. The molecule has 0 aliphatic carbocycles. The molecule has 0 saturated carbocycles. The molecule has 1 heterocycles. The SMILES string of the molecule is C#Cc1cccc(NC(=O)CNC(=O)c2ccc(C3SCCCS3)cc2)c1. The van der Waals surface area contributed by atoms with E-state index in [1.807, 2.05) is 47.8 Å². The number of hydrogen-bond acceptors (Lipinski definition) is 4. The Morgan fingerprint density at radius 3 is 2.56 bits per heavy atom. The molecule has 0 aromatic heterocycles. The van der Waals surface area contributed by atoms with Crippen molar-refractivity contribution in [2.75, 3.05) is 23.4 Å². The first-order valence-corrected chi connectivity index (χ1v) is 10.7. The molecule has 0 spiro atoms. The minimum Gasteiger partial charge on any atom is -0.343 e. The van der Waals surface area contributed by atoms with Crippen molar-refractivity contribution in [1.29, 1.82) is 0 Å². The summed E-state index contributed by atoms with van der Waals surface area (Å²) in [5, 5.41) is 5.37. The summed E-state index contributed by atoms with van der Waals surface area (Å²) in [6.07, 6.45) is 6.60. The van der Waals surface area contributed by atoms with Gasteiger partial charge in [0.15, 0.2) is 0 Å². The van der Waals surface area contributed by atoms with Gasteiger partial charge in [0.05, 0.1) is 11.1 Å². The van der Waals surface area contributed by atoms with Gasteiger partial charge in [-0.2, -0.15) is 0 Å². The van der Waals surface area contributed by atoms with Crippen LogP contribution in [0.4, 0.5) is 5.69 Å². The van der Waals surface area contributed by atoms with E-state index in [9.17, 15) is 9.59 Å². The van der Waals surface area contributed by atoms with Crippen molar-refractivity contribution in [3.8, 4) is 12.3 Å². The molecule has 2 aromatic rings. The van der Waals surface area contributed by atoms with E-state index in [0.717, 1.165) is 0 Å². The second-order valence-corrected chi connectivity index (χ2v) is 8.73. The van der Waals surface area contributed by atoms with Gasteiger partial charge in [0.2, 0.25) is 5.91 Å². The Morgan fingerprint density at radius 1 is 1.11 bits per heavy atom. The van der Waals surface area contributed by atoms with E-state index in [0.29, 0.717) is 21.4 Å². The topological polar surface area (TPSA) is 58.2 Å². The molecule has 6 heteroatoms. The molecule has 0 radical (unpaired) electrons. The van der Waals surface area contributed by atoms with Gasteiger partial charge in [0.1, 0.15) is 0 Å². The molecule has 4 nitrogen and oxygen atoms in total. The van der Waals surface area contributed by atoms with Crippen molar-refractivity contribution in [2.45, 2.75) is 11.0 Å². The highest BCUT2D eigenvalue weighted by Crippen LogP contribution is 2.43. The van der Waals surface area contributed by atoms with Crippen LogP contribution in [0.25, 0.3) is 0 Å². The average molecular weight is 397 g/mol. The van der Waals surface area contributed by atoms with Crippen LogP contribution in [0.15, 0.2) is 48.5 Å². The lowest BCUT2D eigenvalue weighted by molar-refractivity contribution is -0.115. The predicted octanol–water partition coefficient (Wildman–Crippen LogP) is 3.91. The standard InChI is InChI=1S/C21H20N2O2S2/c1-2-15-5-3-6-18(13-15)23-19(24)14-22-20(25)16-7-9-17(10-8-16)21-26-11-4-12-27-21/h1,3,5-10,13,21H,4,11-12,14H2,(H,22,25)(H,23,24). The molecule has 0 bridgehead atoms. The number of thioether (sulfide) groups is 2. The van der Waals surface area contributed by atoms with E-state index >= 15 is 0 Å². The van der Waals surface area contributed by atoms with Crippen molar-refractivity contribution < 1.29 is 9.59 Å². The fraction of sp³-hybridized carbons (Fsp3) is 0.238. The van der Waals surface area contributed by atoms with Gasteiger partial charge >= 0.3 is 0 Å².